The first-order chi connectivity index (χ1) is 10.9. The van der Waals surface area contributed by atoms with Crippen LogP contribution >= 0.6 is 0 Å². The first kappa shape index (κ1) is 15.7. The summed E-state index contributed by atoms with van der Waals surface area (Å²) < 4.78 is 26.8. The molecule has 0 atom stereocenters. The van der Waals surface area contributed by atoms with Gasteiger partial charge in [-0.25, -0.2) is 23.1 Å². The minimum absolute atomic E-state index is 0.385. The molecule has 0 aliphatic rings. The van der Waals surface area contributed by atoms with Crippen LogP contribution in [0.25, 0.3) is 21.9 Å². The Kier molecular flexibility index (Phi) is 3.95. The van der Waals surface area contributed by atoms with Crippen LogP contribution < -0.4 is 10.5 Å². The van der Waals surface area contributed by atoms with Gasteiger partial charge in [0, 0.05) is 18.5 Å². The molecule has 3 N–H and O–H groups in total. The van der Waals surface area contributed by atoms with Crippen molar-refractivity contribution in [3.8, 4) is 0 Å². The number of hydrogen-bond donors (Lipinski definition) is 2. The third-order valence-corrected chi connectivity index (χ3v) is 4.45. The fourth-order valence-electron chi connectivity index (χ4n) is 2.74. The normalized spacial score (nSPS) is 12.3. The molecule has 0 aliphatic carbocycles. The highest BCUT2D eigenvalue weighted by Gasteiger charge is 2.14. The number of nitrogen functional groups attached to an aromatic ring is 1. The van der Waals surface area contributed by atoms with Crippen LogP contribution in [0.5, 0.6) is 0 Å². The Morgan fingerprint density at radius 3 is 2.74 bits per heavy atom. The molecule has 0 bridgehead atoms. The SMILES string of the molecule is Cc1nc2c(N)nc3ccccc3c2n1CCCNS(C)(=O)=O. The number of rotatable bonds is 5. The standard InChI is InChI=1S/C15H19N5O2S/c1-10-18-13-14(20(10)9-5-8-17-23(2,21)22)11-6-3-4-7-12(11)19-15(13)16/h3-4,6-7,17H,5,8-9H2,1-2H3,(H2,16,19). The van der Waals surface area contributed by atoms with Gasteiger partial charge in [-0.2, -0.15) is 0 Å². The predicted molar refractivity (Wildman–Crippen MR) is 91.6 cm³/mol. The lowest BCUT2D eigenvalue weighted by molar-refractivity contribution is 0.575. The van der Waals surface area contributed by atoms with Gasteiger partial charge in [-0.3, -0.25) is 0 Å². The Morgan fingerprint density at radius 1 is 1.26 bits per heavy atom. The highest BCUT2D eigenvalue weighted by atomic mass is 32.2. The topological polar surface area (TPSA) is 103 Å². The molecule has 2 heterocycles. The van der Waals surface area contributed by atoms with E-state index < -0.39 is 10.0 Å². The first-order valence-corrected chi connectivity index (χ1v) is 9.21. The number of anilines is 1. The van der Waals surface area contributed by atoms with Crippen molar-refractivity contribution >= 4 is 37.8 Å². The summed E-state index contributed by atoms with van der Waals surface area (Å²) in [6.07, 6.45) is 1.82. The van der Waals surface area contributed by atoms with Crippen molar-refractivity contribution in [2.45, 2.75) is 19.9 Å². The van der Waals surface area contributed by atoms with E-state index in [1.807, 2.05) is 31.2 Å². The van der Waals surface area contributed by atoms with Gasteiger partial charge in [0.2, 0.25) is 10.0 Å². The summed E-state index contributed by atoms with van der Waals surface area (Å²) in [5, 5.41) is 0.994. The van der Waals surface area contributed by atoms with Gasteiger partial charge in [0.1, 0.15) is 11.3 Å². The molecular formula is C15H19N5O2S. The average molecular weight is 333 g/mol. The molecule has 0 fully saturated rings. The Labute approximate surface area is 134 Å². The number of imidazole rings is 1. The molecule has 0 unspecified atom stereocenters. The molecule has 0 saturated heterocycles. The largest absolute Gasteiger partial charge is 0.382 e. The summed E-state index contributed by atoms with van der Waals surface area (Å²) in [5.41, 5.74) is 8.51. The van der Waals surface area contributed by atoms with E-state index in [4.69, 9.17) is 5.73 Å². The second kappa shape index (κ2) is 5.78. The Morgan fingerprint density at radius 2 is 2.00 bits per heavy atom. The quantitative estimate of drug-likeness (QED) is 0.687. The maximum absolute atomic E-state index is 11.1. The van der Waals surface area contributed by atoms with Gasteiger partial charge >= 0.3 is 0 Å². The fraction of sp³-hybridized carbons (Fsp3) is 0.333. The molecule has 122 valence electrons. The molecule has 0 saturated carbocycles. The van der Waals surface area contributed by atoms with Gasteiger partial charge in [-0.05, 0) is 19.4 Å². The molecule has 7 nitrogen and oxygen atoms in total. The lowest BCUT2D eigenvalue weighted by atomic mass is 10.2. The molecule has 23 heavy (non-hydrogen) atoms. The predicted octanol–water partition coefficient (Wildman–Crippen LogP) is 1.41. The minimum Gasteiger partial charge on any atom is -0.382 e. The van der Waals surface area contributed by atoms with E-state index in [0.29, 0.717) is 30.8 Å². The van der Waals surface area contributed by atoms with Crippen molar-refractivity contribution in [1.29, 1.82) is 0 Å². The molecule has 1 aromatic carbocycles. The Bertz CT molecular complexity index is 978. The minimum atomic E-state index is -3.16. The van der Waals surface area contributed by atoms with E-state index in [9.17, 15) is 8.42 Å². The van der Waals surface area contributed by atoms with Gasteiger partial charge in [-0.15, -0.1) is 0 Å². The van der Waals surface area contributed by atoms with Crippen LogP contribution in [-0.4, -0.2) is 35.8 Å². The smallest absolute Gasteiger partial charge is 0.208 e. The molecule has 8 heteroatoms. The van der Waals surface area contributed by atoms with E-state index in [1.165, 1.54) is 0 Å². The number of hydrogen-bond acceptors (Lipinski definition) is 5. The number of pyridine rings is 1. The maximum atomic E-state index is 11.1. The first-order valence-electron chi connectivity index (χ1n) is 7.32. The van der Waals surface area contributed by atoms with Crippen LogP contribution in [0.2, 0.25) is 0 Å². The molecule has 3 rings (SSSR count). The lowest BCUT2D eigenvalue weighted by Crippen LogP contribution is -2.24. The van der Waals surface area contributed by atoms with Gasteiger partial charge in [0.05, 0.1) is 17.3 Å². The van der Waals surface area contributed by atoms with Crippen molar-refractivity contribution in [3.05, 3.63) is 30.1 Å². The number of nitrogens with two attached hydrogens (primary N) is 1. The molecule has 0 amide bonds. The van der Waals surface area contributed by atoms with Crippen molar-refractivity contribution in [3.63, 3.8) is 0 Å². The van der Waals surface area contributed by atoms with E-state index in [1.54, 1.807) is 0 Å². The zero-order valence-corrected chi connectivity index (χ0v) is 13.9. The van der Waals surface area contributed by atoms with Crippen molar-refractivity contribution in [2.24, 2.45) is 0 Å². The number of fused-ring (bicyclic) bond motifs is 3. The van der Waals surface area contributed by atoms with Crippen molar-refractivity contribution in [1.82, 2.24) is 19.3 Å². The van der Waals surface area contributed by atoms with Gasteiger partial charge in [0.25, 0.3) is 0 Å². The van der Waals surface area contributed by atoms with E-state index in [-0.39, 0.29) is 0 Å². The monoisotopic (exact) mass is 333 g/mol. The molecular weight excluding hydrogens is 314 g/mol. The Balaban J connectivity index is 2.01. The van der Waals surface area contributed by atoms with Crippen LogP contribution in [0, 0.1) is 6.92 Å². The number of aryl methyl sites for hydroxylation is 2. The Hall–Kier alpha value is -2.19. The third kappa shape index (κ3) is 3.13. The fourth-order valence-corrected chi connectivity index (χ4v) is 3.25. The lowest BCUT2D eigenvalue weighted by Gasteiger charge is -2.09. The number of nitrogens with one attached hydrogen (secondary N) is 1. The summed E-state index contributed by atoms with van der Waals surface area (Å²) in [5.74, 6) is 1.25. The summed E-state index contributed by atoms with van der Waals surface area (Å²) in [6.45, 7) is 2.95. The highest BCUT2D eigenvalue weighted by molar-refractivity contribution is 7.88. The van der Waals surface area contributed by atoms with E-state index in [0.717, 1.165) is 28.5 Å². The van der Waals surface area contributed by atoms with Gasteiger partial charge < -0.3 is 10.3 Å². The van der Waals surface area contributed by atoms with E-state index in [2.05, 4.69) is 19.3 Å². The molecule has 2 aromatic heterocycles. The second-order valence-electron chi connectivity index (χ2n) is 5.54. The van der Waals surface area contributed by atoms with Crippen LogP contribution in [0.1, 0.15) is 12.2 Å². The summed E-state index contributed by atoms with van der Waals surface area (Å²) in [6, 6.07) is 7.79. The number of aromatic nitrogens is 3. The van der Waals surface area contributed by atoms with Crippen LogP contribution in [0.4, 0.5) is 5.82 Å². The summed E-state index contributed by atoms with van der Waals surface area (Å²) in [7, 11) is -3.16. The van der Waals surface area contributed by atoms with Crippen LogP contribution in [0.3, 0.4) is 0 Å². The molecule has 0 aliphatic heterocycles. The van der Waals surface area contributed by atoms with Crippen molar-refractivity contribution in [2.75, 3.05) is 18.5 Å². The zero-order chi connectivity index (χ0) is 16.6. The van der Waals surface area contributed by atoms with Gasteiger partial charge in [0.15, 0.2) is 5.82 Å². The number of benzene rings is 1. The molecule has 3 aromatic rings. The zero-order valence-electron chi connectivity index (χ0n) is 13.1. The molecule has 0 radical (unpaired) electrons. The summed E-state index contributed by atoms with van der Waals surface area (Å²) >= 11 is 0. The number of sulfonamides is 1. The third-order valence-electron chi connectivity index (χ3n) is 3.72. The number of nitrogens with zero attached hydrogens (tertiary/aromatic N) is 3. The summed E-state index contributed by atoms with van der Waals surface area (Å²) in [4.78, 5) is 8.92. The average Bonchev–Trinajstić information content (AvgIpc) is 2.81. The van der Waals surface area contributed by atoms with Crippen LogP contribution in [-0.2, 0) is 16.6 Å². The van der Waals surface area contributed by atoms with Gasteiger partial charge in [-0.1, -0.05) is 18.2 Å². The highest BCUT2D eigenvalue weighted by Crippen LogP contribution is 2.28. The maximum Gasteiger partial charge on any atom is 0.208 e. The van der Waals surface area contributed by atoms with Crippen LogP contribution in [0.15, 0.2) is 24.3 Å². The molecule has 0 spiro atoms. The second-order valence-corrected chi connectivity index (χ2v) is 7.38. The van der Waals surface area contributed by atoms with Crippen molar-refractivity contribution < 1.29 is 8.42 Å². The number of para-hydroxylation sites is 1. The van der Waals surface area contributed by atoms with E-state index >= 15 is 0 Å².